The number of nitrogens with one attached hydrogen (secondary N) is 1. The molecule has 0 unspecified atom stereocenters. The average Bonchev–Trinajstić information content (AvgIpc) is 2.37. The van der Waals surface area contributed by atoms with Crippen LogP contribution in [-0.2, 0) is 0 Å². The summed E-state index contributed by atoms with van der Waals surface area (Å²) in [5.41, 5.74) is 1.80. The molecule has 2 aromatic carbocycles. The Kier molecular flexibility index (Phi) is 4.94. The van der Waals surface area contributed by atoms with Crippen LogP contribution in [0.2, 0.25) is 0 Å². The Balaban J connectivity index is 2.31. The normalized spacial score (nSPS) is 10.2. The molecule has 21 heavy (non-hydrogen) atoms. The van der Waals surface area contributed by atoms with Gasteiger partial charge in [0, 0.05) is 25.9 Å². The number of rotatable bonds is 3. The molecule has 0 aliphatic carbocycles. The van der Waals surface area contributed by atoms with Crippen molar-refractivity contribution in [1.29, 1.82) is 0 Å². The van der Waals surface area contributed by atoms with Gasteiger partial charge in [-0.15, -0.1) is 0 Å². The number of non-ortho nitro benzene ring substituents is 1. The van der Waals surface area contributed by atoms with Gasteiger partial charge in [0.25, 0.3) is 11.6 Å². The first-order chi connectivity index (χ1) is 9.86. The van der Waals surface area contributed by atoms with E-state index in [0.29, 0.717) is 9.26 Å². The second kappa shape index (κ2) is 6.52. The number of carbonyl (C=O) groups is 1. The molecule has 108 valence electrons. The lowest BCUT2D eigenvalue weighted by molar-refractivity contribution is -0.384. The summed E-state index contributed by atoms with van der Waals surface area (Å²) in [4.78, 5) is 22.6. The van der Waals surface area contributed by atoms with E-state index < -0.39 is 4.92 Å². The van der Waals surface area contributed by atoms with Gasteiger partial charge < -0.3 is 5.32 Å². The van der Waals surface area contributed by atoms with Crippen LogP contribution in [0.25, 0.3) is 0 Å². The van der Waals surface area contributed by atoms with Gasteiger partial charge in [-0.05, 0) is 59.3 Å². The van der Waals surface area contributed by atoms with Crippen LogP contribution in [0.15, 0.2) is 40.9 Å². The van der Waals surface area contributed by atoms with E-state index in [4.69, 9.17) is 0 Å². The van der Waals surface area contributed by atoms with Crippen LogP contribution in [0.1, 0.15) is 15.9 Å². The van der Waals surface area contributed by atoms with E-state index in [1.807, 2.05) is 41.6 Å². The Morgan fingerprint density at radius 3 is 2.62 bits per heavy atom. The third kappa shape index (κ3) is 4.01. The topological polar surface area (TPSA) is 72.2 Å². The highest BCUT2D eigenvalue weighted by Crippen LogP contribution is 2.23. The lowest BCUT2D eigenvalue weighted by Crippen LogP contribution is -2.14. The Morgan fingerprint density at radius 2 is 2.00 bits per heavy atom. The quantitative estimate of drug-likeness (QED) is 0.415. The van der Waals surface area contributed by atoms with Crippen molar-refractivity contribution in [3.05, 3.63) is 65.7 Å². The molecule has 1 amide bonds. The number of hydrogen-bond acceptors (Lipinski definition) is 3. The summed E-state index contributed by atoms with van der Waals surface area (Å²) >= 11 is 5.34. The molecular weight excluding hydrogens is 451 g/mol. The SMILES string of the molecule is Cc1cc(Br)cc(NC(=O)c2cc([N+](=O)[O-])ccc2I)c1. The van der Waals surface area contributed by atoms with Crippen molar-refractivity contribution in [1.82, 2.24) is 0 Å². The predicted octanol–water partition coefficient (Wildman–Crippen LogP) is 4.52. The predicted molar refractivity (Wildman–Crippen MR) is 92.6 cm³/mol. The van der Waals surface area contributed by atoms with Crippen molar-refractivity contribution in [2.75, 3.05) is 5.32 Å². The molecule has 0 saturated carbocycles. The molecule has 2 aromatic rings. The summed E-state index contributed by atoms with van der Waals surface area (Å²) < 4.78 is 1.51. The minimum absolute atomic E-state index is 0.106. The number of amides is 1. The minimum Gasteiger partial charge on any atom is -0.322 e. The maximum atomic E-state index is 12.3. The van der Waals surface area contributed by atoms with Gasteiger partial charge in [-0.2, -0.15) is 0 Å². The second-order valence-corrected chi connectivity index (χ2v) is 6.47. The van der Waals surface area contributed by atoms with Crippen molar-refractivity contribution in [2.45, 2.75) is 6.92 Å². The lowest BCUT2D eigenvalue weighted by Gasteiger charge is -2.08. The molecule has 0 aliphatic rings. The number of hydrogen-bond donors (Lipinski definition) is 1. The van der Waals surface area contributed by atoms with Gasteiger partial charge in [-0.1, -0.05) is 15.9 Å². The van der Waals surface area contributed by atoms with Gasteiger partial charge in [-0.3, -0.25) is 14.9 Å². The Hall–Kier alpha value is -1.48. The summed E-state index contributed by atoms with van der Waals surface area (Å²) in [7, 11) is 0. The largest absolute Gasteiger partial charge is 0.322 e. The fourth-order valence-electron chi connectivity index (χ4n) is 1.81. The number of benzene rings is 2. The van der Waals surface area contributed by atoms with Crippen molar-refractivity contribution in [3.63, 3.8) is 0 Å². The van der Waals surface area contributed by atoms with Gasteiger partial charge in [0.05, 0.1) is 10.5 Å². The molecule has 7 heteroatoms. The number of nitrogens with zero attached hydrogens (tertiary/aromatic N) is 1. The van der Waals surface area contributed by atoms with E-state index in [9.17, 15) is 14.9 Å². The molecule has 0 fully saturated rings. The number of halogens is 2. The average molecular weight is 461 g/mol. The molecule has 0 heterocycles. The summed E-state index contributed by atoms with van der Waals surface area (Å²) in [5.74, 6) is -0.374. The molecule has 5 nitrogen and oxygen atoms in total. The van der Waals surface area contributed by atoms with E-state index in [-0.39, 0.29) is 17.2 Å². The van der Waals surface area contributed by atoms with Crippen LogP contribution in [0.3, 0.4) is 0 Å². The molecule has 0 bridgehead atoms. The zero-order valence-corrected chi connectivity index (χ0v) is 14.6. The summed E-state index contributed by atoms with van der Waals surface area (Å²) in [5, 5.41) is 13.6. The summed E-state index contributed by atoms with van der Waals surface area (Å²) in [6.07, 6.45) is 0. The van der Waals surface area contributed by atoms with E-state index >= 15 is 0 Å². The molecule has 0 aromatic heterocycles. The van der Waals surface area contributed by atoms with E-state index in [1.54, 1.807) is 12.1 Å². The molecule has 1 N–H and O–H groups in total. The van der Waals surface area contributed by atoms with Crippen molar-refractivity contribution in [3.8, 4) is 0 Å². The van der Waals surface area contributed by atoms with Crippen molar-refractivity contribution >= 4 is 55.8 Å². The molecule has 2 rings (SSSR count). The number of carbonyl (C=O) groups excluding carboxylic acids is 1. The first kappa shape index (κ1) is 15.9. The standard InChI is InChI=1S/C14H10BrIN2O3/c1-8-4-9(15)6-10(5-8)17-14(19)12-7-11(18(20)21)2-3-13(12)16/h2-7H,1H3,(H,17,19). The van der Waals surface area contributed by atoms with Crippen LogP contribution in [-0.4, -0.2) is 10.8 Å². The van der Waals surface area contributed by atoms with Crippen LogP contribution in [0, 0.1) is 20.6 Å². The summed E-state index contributed by atoms with van der Waals surface area (Å²) in [6.45, 7) is 1.91. The first-order valence-corrected chi connectivity index (χ1v) is 7.76. The van der Waals surface area contributed by atoms with Crippen LogP contribution >= 0.6 is 38.5 Å². The number of anilines is 1. The third-order valence-electron chi connectivity index (χ3n) is 2.71. The van der Waals surface area contributed by atoms with Crippen LogP contribution in [0.5, 0.6) is 0 Å². The Morgan fingerprint density at radius 1 is 1.29 bits per heavy atom. The number of nitro benzene ring substituents is 1. The molecule has 0 saturated heterocycles. The fraction of sp³-hybridized carbons (Fsp3) is 0.0714. The zero-order valence-electron chi connectivity index (χ0n) is 10.9. The van der Waals surface area contributed by atoms with Crippen molar-refractivity contribution < 1.29 is 9.72 Å². The van der Waals surface area contributed by atoms with E-state index in [2.05, 4.69) is 21.2 Å². The van der Waals surface area contributed by atoms with E-state index in [0.717, 1.165) is 10.0 Å². The smallest absolute Gasteiger partial charge is 0.270 e. The molecule has 0 aliphatic heterocycles. The molecule has 0 radical (unpaired) electrons. The Bertz CT molecular complexity index is 714. The second-order valence-electron chi connectivity index (χ2n) is 4.39. The number of nitro groups is 1. The summed E-state index contributed by atoms with van der Waals surface area (Å²) in [6, 6.07) is 9.73. The van der Waals surface area contributed by atoms with Crippen molar-refractivity contribution in [2.24, 2.45) is 0 Å². The minimum atomic E-state index is -0.518. The van der Waals surface area contributed by atoms with Crippen LogP contribution in [0.4, 0.5) is 11.4 Å². The van der Waals surface area contributed by atoms with Gasteiger partial charge in [0.15, 0.2) is 0 Å². The molecular formula is C14H10BrIN2O3. The maximum absolute atomic E-state index is 12.3. The van der Waals surface area contributed by atoms with E-state index in [1.165, 1.54) is 12.1 Å². The zero-order chi connectivity index (χ0) is 15.6. The van der Waals surface area contributed by atoms with Crippen LogP contribution < -0.4 is 5.32 Å². The highest BCUT2D eigenvalue weighted by Gasteiger charge is 2.15. The fourth-order valence-corrected chi connectivity index (χ4v) is 3.00. The number of aryl methyl sites for hydroxylation is 1. The molecule has 0 spiro atoms. The highest BCUT2D eigenvalue weighted by molar-refractivity contribution is 14.1. The lowest BCUT2D eigenvalue weighted by atomic mass is 10.1. The first-order valence-electron chi connectivity index (χ1n) is 5.89. The Labute approximate surface area is 143 Å². The van der Waals surface area contributed by atoms with Gasteiger partial charge in [0.1, 0.15) is 0 Å². The highest BCUT2D eigenvalue weighted by atomic mass is 127. The molecule has 0 atom stereocenters. The third-order valence-corrected chi connectivity index (χ3v) is 4.10. The maximum Gasteiger partial charge on any atom is 0.270 e. The van der Waals surface area contributed by atoms with Gasteiger partial charge in [0.2, 0.25) is 0 Å². The monoisotopic (exact) mass is 460 g/mol. The van der Waals surface area contributed by atoms with Gasteiger partial charge >= 0.3 is 0 Å². The van der Waals surface area contributed by atoms with Gasteiger partial charge in [-0.25, -0.2) is 0 Å².